The second-order valence-electron chi connectivity index (χ2n) is 11.6. The van der Waals surface area contributed by atoms with Gasteiger partial charge in [0.1, 0.15) is 0 Å². The lowest BCUT2D eigenvalue weighted by Gasteiger charge is -2.22. The number of fused-ring (bicyclic) bond motifs is 2. The van der Waals surface area contributed by atoms with E-state index in [-0.39, 0.29) is 5.41 Å². The molecule has 0 radical (unpaired) electrons. The topological polar surface area (TPSA) is 12.9 Å². The largest absolute Gasteiger partial charge is 0.256 e. The van der Waals surface area contributed by atoms with Gasteiger partial charge in [0, 0.05) is 21.3 Å². The second kappa shape index (κ2) is 8.36. The van der Waals surface area contributed by atoms with Gasteiger partial charge < -0.3 is 0 Å². The highest BCUT2D eigenvalue weighted by molar-refractivity contribution is 7.22. The molecule has 2 aromatic heterocycles. The SMILES string of the molecule is CC(C)(C)Cc1ccc2cc(-c3ccnc(-c4cc(C(C)(C)C)c5ccccc5c4)c3)sc2c1. The minimum absolute atomic E-state index is 0.0590. The van der Waals surface area contributed by atoms with E-state index >= 15 is 0 Å². The number of hydrogen-bond acceptors (Lipinski definition) is 2. The maximum atomic E-state index is 4.78. The maximum absolute atomic E-state index is 4.78. The molecule has 0 aliphatic heterocycles. The molecule has 0 saturated carbocycles. The molecule has 0 atom stereocenters. The molecule has 0 saturated heterocycles. The highest BCUT2D eigenvalue weighted by Gasteiger charge is 2.19. The first-order valence-electron chi connectivity index (χ1n) is 12.1. The van der Waals surface area contributed by atoms with E-state index in [1.807, 2.05) is 17.5 Å². The monoisotopic (exact) mass is 463 g/mol. The van der Waals surface area contributed by atoms with Crippen molar-refractivity contribution in [3.8, 4) is 21.7 Å². The van der Waals surface area contributed by atoms with Gasteiger partial charge in [-0.1, -0.05) is 77.9 Å². The van der Waals surface area contributed by atoms with Crippen molar-refractivity contribution in [2.45, 2.75) is 53.4 Å². The Kier molecular flexibility index (Phi) is 5.61. The zero-order chi connectivity index (χ0) is 24.1. The average Bonchev–Trinajstić information content (AvgIpc) is 3.20. The molecule has 0 aliphatic rings. The van der Waals surface area contributed by atoms with E-state index in [9.17, 15) is 0 Å². The summed E-state index contributed by atoms with van der Waals surface area (Å²) in [7, 11) is 0. The zero-order valence-corrected chi connectivity index (χ0v) is 21.9. The lowest BCUT2D eigenvalue weighted by Crippen LogP contribution is -2.12. The van der Waals surface area contributed by atoms with Crippen LogP contribution in [-0.4, -0.2) is 4.98 Å². The molecule has 172 valence electrons. The first-order chi connectivity index (χ1) is 16.1. The lowest BCUT2D eigenvalue weighted by atomic mass is 9.82. The molecule has 1 nitrogen and oxygen atoms in total. The fraction of sp³-hybridized carbons (Fsp3) is 0.281. The molecule has 0 fully saturated rings. The van der Waals surface area contributed by atoms with Crippen LogP contribution in [0.25, 0.3) is 42.6 Å². The van der Waals surface area contributed by atoms with Crippen LogP contribution in [0.2, 0.25) is 0 Å². The van der Waals surface area contributed by atoms with Gasteiger partial charge in [-0.15, -0.1) is 11.3 Å². The maximum Gasteiger partial charge on any atom is 0.0708 e. The predicted octanol–water partition coefficient (Wildman–Crippen LogP) is 9.67. The summed E-state index contributed by atoms with van der Waals surface area (Å²) in [4.78, 5) is 6.07. The Morgan fingerprint density at radius 2 is 1.53 bits per heavy atom. The number of rotatable bonds is 3. The van der Waals surface area contributed by atoms with Crippen molar-refractivity contribution in [1.29, 1.82) is 0 Å². The summed E-state index contributed by atoms with van der Waals surface area (Å²) in [6.45, 7) is 13.8. The quantitative estimate of drug-likeness (QED) is 0.259. The number of pyridine rings is 1. The van der Waals surface area contributed by atoms with Crippen LogP contribution in [0, 0.1) is 5.41 Å². The highest BCUT2D eigenvalue weighted by atomic mass is 32.1. The van der Waals surface area contributed by atoms with Crippen LogP contribution in [-0.2, 0) is 11.8 Å². The Balaban J connectivity index is 1.57. The van der Waals surface area contributed by atoms with Gasteiger partial charge in [-0.25, -0.2) is 0 Å². The van der Waals surface area contributed by atoms with Gasteiger partial charge in [-0.2, -0.15) is 0 Å². The Bertz CT molecular complexity index is 1490. The highest BCUT2D eigenvalue weighted by Crippen LogP contribution is 2.38. The van der Waals surface area contributed by atoms with E-state index in [1.54, 1.807) is 0 Å². The third-order valence-electron chi connectivity index (χ3n) is 6.33. The van der Waals surface area contributed by atoms with Crippen LogP contribution in [0.1, 0.15) is 52.7 Å². The molecule has 3 aromatic carbocycles. The van der Waals surface area contributed by atoms with E-state index in [2.05, 4.69) is 114 Å². The Hall–Kier alpha value is -2.97. The zero-order valence-electron chi connectivity index (χ0n) is 21.1. The lowest BCUT2D eigenvalue weighted by molar-refractivity contribution is 0.411. The van der Waals surface area contributed by atoms with E-state index in [1.165, 1.54) is 48.0 Å². The van der Waals surface area contributed by atoms with Gasteiger partial charge in [0.15, 0.2) is 0 Å². The summed E-state index contributed by atoms with van der Waals surface area (Å²) >= 11 is 1.88. The molecule has 0 aliphatic carbocycles. The molecular weight excluding hydrogens is 430 g/mol. The van der Waals surface area contributed by atoms with Gasteiger partial charge in [0.2, 0.25) is 0 Å². The molecule has 2 heterocycles. The minimum atomic E-state index is 0.0590. The summed E-state index contributed by atoms with van der Waals surface area (Å²) in [5.41, 5.74) is 6.56. The molecule has 34 heavy (non-hydrogen) atoms. The predicted molar refractivity (Wildman–Crippen MR) is 150 cm³/mol. The molecule has 0 spiro atoms. The normalized spacial score (nSPS) is 12.5. The number of benzene rings is 3. The molecule has 0 amide bonds. The van der Waals surface area contributed by atoms with Gasteiger partial charge in [-0.3, -0.25) is 4.98 Å². The smallest absolute Gasteiger partial charge is 0.0708 e. The van der Waals surface area contributed by atoms with Crippen LogP contribution in [0.4, 0.5) is 0 Å². The third kappa shape index (κ3) is 4.65. The molecule has 0 N–H and O–H groups in total. The molecular formula is C32H33NS. The first-order valence-corrected chi connectivity index (χ1v) is 12.9. The van der Waals surface area contributed by atoms with Crippen molar-refractivity contribution in [3.63, 3.8) is 0 Å². The van der Waals surface area contributed by atoms with Crippen LogP contribution >= 0.6 is 11.3 Å². The Labute approximate surface area is 207 Å². The molecule has 0 bridgehead atoms. The number of aromatic nitrogens is 1. The second-order valence-corrected chi connectivity index (χ2v) is 12.7. The van der Waals surface area contributed by atoms with E-state index in [4.69, 9.17) is 4.98 Å². The van der Waals surface area contributed by atoms with Crippen LogP contribution in [0.5, 0.6) is 0 Å². The van der Waals surface area contributed by atoms with Gasteiger partial charge in [0.25, 0.3) is 0 Å². The first kappa shape index (κ1) is 22.8. The summed E-state index contributed by atoms with van der Waals surface area (Å²) in [6, 6.07) is 26.9. The Morgan fingerprint density at radius 1 is 0.735 bits per heavy atom. The fourth-order valence-electron chi connectivity index (χ4n) is 4.76. The molecule has 5 aromatic rings. The van der Waals surface area contributed by atoms with Crippen molar-refractivity contribution in [2.75, 3.05) is 0 Å². The number of nitrogens with zero attached hydrogens (tertiary/aromatic N) is 1. The number of hydrogen-bond donors (Lipinski definition) is 0. The van der Waals surface area contributed by atoms with Crippen LogP contribution in [0.15, 0.2) is 79.0 Å². The van der Waals surface area contributed by atoms with Crippen molar-refractivity contribution < 1.29 is 0 Å². The van der Waals surface area contributed by atoms with E-state index in [0.29, 0.717) is 5.41 Å². The van der Waals surface area contributed by atoms with E-state index in [0.717, 1.165) is 12.1 Å². The van der Waals surface area contributed by atoms with Gasteiger partial charge >= 0.3 is 0 Å². The van der Waals surface area contributed by atoms with Crippen molar-refractivity contribution >= 4 is 32.2 Å². The molecule has 0 unspecified atom stereocenters. The van der Waals surface area contributed by atoms with Crippen LogP contribution in [0.3, 0.4) is 0 Å². The van der Waals surface area contributed by atoms with Gasteiger partial charge in [0.05, 0.1) is 5.69 Å². The van der Waals surface area contributed by atoms with Crippen molar-refractivity contribution in [3.05, 3.63) is 90.1 Å². The van der Waals surface area contributed by atoms with E-state index < -0.39 is 0 Å². The molecule has 2 heteroatoms. The van der Waals surface area contributed by atoms with Crippen LogP contribution < -0.4 is 0 Å². The van der Waals surface area contributed by atoms with Crippen molar-refractivity contribution in [2.24, 2.45) is 5.41 Å². The van der Waals surface area contributed by atoms with Gasteiger partial charge in [-0.05, 0) is 86.5 Å². The number of thiophene rings is 1. The standard InChI is InChI=1S/C32H33NS/c1-31(2,3)20-21-11-12-23-19-30(34-29(23)15-21)24-13-14-33-28(18-24)25-16-22-9-7-8-10-26(22)27(17-25)32(4,5)6/h7-19H,20H2,1-6H3. The average molecular weight is 464 g/mol. The molecule has 5 rings (SSSR count). The Morgan fingerprint density at radius 3 is 2.29 bits per heavy atom. The third-order valence-corrected chi connectivity index (χ3v) is 7.48. The minimum Gasteiger partial charge on any atom is -0.256 e. The summed E-state index contributed by atoms with van der Waals surface area (Å²) in [5, 5.41) is 3.91. The van der Waals surface area contributed by atoms with Crippen molar-refractivity contribution in [1.82, 2.24) is 4.98 Å². The summed E-state index contributed by atoms with van der Waals surface area (Å²) in [5.74, 6) is 0. The summed E-state index contributed by atoms with van der Waals surface area (Å²) in [6.07, 6.45) is 3.04. The summed E-state index contributed by atoms with van der Waals surface area (Å²) < 4.78 is 1.36. The fourth-order valence-corrected chi connectivity index (χ4v) is 5.88.